The minimum absolute atomic E-state index is 0.0460. The molecule has 1 aliphatic carbocycles. The fraction of sp³-hybridized carbons (Fsp3) is 0.800. The number of nitrogens with one attached hydrogen (secondary N) is 1. The Morgan fingerprint density at radius 2 is 2.24 bits per heavy atom. The zero-order valence-corrected chi connectivity index (χ0v) is 12.7. The van der Waals surface area contributed by atoms with Crippen molar-refractivity contribution in [2.75, 3.05) is 24.5 Å². The van der Waals surface area contributed by atoms with E-state index < -0.39 is 0 Å². The number of rotatable bonds is 5. The molecule has 0 bridgehead atoms. The molecule has 1 N–H and O–H groups in total. The highest BCUT2D eigenvalue weighted by Gasteiger charge is 2.28. The summed E-state index contributed by atoms with van der Waals surface area (Å²) in [6, 6.07) is 0.682. The van der Waals surface area contributed by atoms with Crippen LogP contribution in [0.15, 0.2) is 4.52 Å². The van der Waals surface area contributed by atoms with Crippen molar-refractivity contribution in [3.63, 3.8) is 0 Å². The van der Waals surface area contributed by atoms with E-state index in [4.69, 9.17) is 4.52 Å². The van der Waals surface area contributed by atoms with E-state index in [1.54, 1.807) is 6.92 Å². The lowest BCUT2D eigenvalue weighted by molar-refractivity contribution is -0.119. The van der Waals surface area contributed by atoms with E-state index in [-0.39, 0.29) is 5.91 Å². The first-order valence-corrected chi connectivity index (χ1v) is 8.05. The quantitative estimate of drug-likeness (QED) is 0.899. The van der Waals surface area contributed by atoms with Gasteiger partial charge >= 0.3 is 6.01 Å². The van der Waals surface area contributed by atoms with Gasteiger partial charge in [0, 0.05) is 32.5 Å². The van der Waals surface area contributed by atoms with Crippen molar-refractivity contribution in [3.8, 4) is 0 Å². The minimum Gasteiger partial charge on any atom is -0.356 e. The molecule has 21 heavy (non-hydrogen) atoms. The Balaban J connectivity index is 1.52. The van der Waals surface area contributed by atoms with Gasteiger partial charge in [0.15, 0.2) is 5.82 Å². The number of hydrogen-bond donors (Lipinski definition) is 1. The average Bonchev–Trinajstić information content (AvgIpc) is 2.86. The summed E-state index contributed by atoms with van der Waals surface area (Å²) in [6.45, 7) is 4.26. The smallest absolute Gasteiger partial charge is 0.324 e. The predicted octanol–water partition coefficient (Wildman–Crippen LogP) is 2.08. The Hall–Kier alpha value is -1.59. The first kappa shape index (κ1) is 14.4. The summed E-state index contributed by atoms with van der Waals surface area (Å²) < 4.78 is 5.45. The summed E-state index contributed by atoms with van der Waals surface area (Å²) in [6.07, 6.45) is 7.03. The van der Waals surface area contributed by atoms with Crippen molar-refractivity contribution in [2.24, 2.45) is 5.92 Å². The molecule has 2 aliphatic rings. The van der Waals surface area contributed by atoms with Gasteiger partial charge in [0.1, 0.15) is 0 Å². The van der Waals surface area contributed by atoms with Crippen LogP contribution in [0.2, 0.25) is 0 Å². The highest BCUT2D eigenvalue weighted by molar-refractivity contribution is 5.72. The molecule has 2 fully saturated rings. The van der Waals surface area contributed by atoms with Gasteiger partial charge in [0.2, 0.25) is 5.91 Å². The molecule has 0 aromatic carbocycles. The standard InChI is InChI=1S/C15H24N4O2/c1-11(20)16-8-7-12-4-3-9-19(10-12)15-17-14(18-21-15)13-5-2-6-13/h12-13H,2-10H2,1H3,(H,16,20). The molecule has 6 heteroatoms. The second-order valence-electron chi connectivity index (χ2n) is 6.29. The second kappa shape index (κ2) is 6.45. The van der Waals surface area contributed by atoms with Gasteiger partial charge in [-0.25, -0.2) is 0 Å². The first-order chi connectivity index (χ1) is 10.2. The van der Waals surface area contributed by atoms with E-state index in [1.165, 1.54) is 25.7 Å². The summed E-state index contributed by atoms with van der Waals surface area (Å²) in [7, 11) is 0. The van der Waals surface area contributed by atoms with Crippen LogP contribution in [0.1, 0.15) is 57.2 Å². The average molecular weight is 292 g/mol. The van der Waals surface area contributed by atoms with Crippen molar-refractivity contribution in [1.29, 1.82) is 0 Å². The number of aromatic nitrogens is 2. The number of amides is 1. The summed E-state index contributed by atoms with van der Waals surface area (Å²) in [5.41, 5.74) is 0. The van der Waals surface area contributed by atoms with Gasteiger partial charge in [-0.1, -0.05) is 11.6 Å². The molecule has 1 saturated heterocycles. The summed E-state index contributed by atoms with van der Waals surface area (Å²) >= 11 is 0. The van der Waals surface area contributed by atoms with Crippen molar-refractivity contribution >= 4 is 11.9 Å². The predicted molar refractivity (Wildman–Crippen MR) is 79.1 cm³/mol. The van der Waals surface area contributed by atoms with Crippen LogP contribution in [0.4, 0.5) is 6.01 Å². The van der Waals surface area contributed by atoms with Crippen LogP contribution in [-0.4, -0.2) is 35.7 Å². The summed E-state index contributed by atoms with van der Waals surface area (Å²) in [4.78, 5) is 17.7. The first-order valence-electron chi connectivity index (χ1n) is 8.05. The van der Waals surface area contributed by atoms with Gasteiger partial charge in [0.05, 0.1) is 0 Å². The highest BCUT2D eigenvalue weighted by atomic mass is 16.5. The van der Waals surface area contributed by atoms with Crippen molar-refractivity contribution < 1.29 is 9.32 Å². The summed E-state index contributed by atoms with van der Waals surface area (Å²) in [5.74, 6) is 2.04. The molecule has 1 atom stereocenters. The van der Waals surface area contributed by atoms with Crippen LogP contribution in [0.3, 0.4) is 0 Å². The molecule has 1 aliphatic heterocycles. The molecule has 1 aromatic rings. The fourth-order valence-electron chi connectivity index (χ4n) is 3.11. The van der Waals surface area contributed by atoms with Crippen LogP contribution in [0.25, 0.3) is 0 Å². The lowest BCUT2D eigenvalue weighted by atomic mass is 9.85. The lowest BCUT2D eigenvalue weighted by Crippen LogP contribution is -2.37. The number of hydrogen-bond acceptors (Lipinski definition) is 5. The van der Waals surface area contributed by atoms with Crippen LogP contribution in [0.5, 0.6) is 0 Å². The van der Waals surface area contributed by atoms with Gasteiger partial charge in [-0.15, -0.1) is 0 Å². The molecule has 6 nitrogen and oxygen atoms in total. The second-order valence-corrected chi connectivity index (χ2v) is 6.29. The highest BCUT2D eigenvalue weighted by Crippen LogP contribution is 2.35. The normalized spacial score (nSPS) is 22.9. The number of piperidine rings is 1. The van der Waals surface area contributed by atoms with Gasteiger partial charge in [-0.3, -0.25) is 4.79 Å². The molecule has 1 amide bonds. The van der Waals surface area contributed by atoms with Crippen molar-refractivity contribution in [1.82, 2.24) is 15.5 Å². The molecule has 1 unspecified atom stereocenters. The SMILES string of the molecule is CC(=O)NCCC1CCCN(c2nc(C3CCC3)no2)C1. The largest absolute Gasteiger partial charge is 0.356 e. The third-order valence-electron chi connectivity index (χ3n) is 4.62. The van der Waals surface area contributed by atoms with E-state index in [9.17, 15) is 4.79 Å². The van der Waals surface area contributed by atoms with Crippen molar-refractivity contribution in [2.45, 2.75) is 51.4 Å². The number of anilines is 1. The summed E-state index contributed by atoms with van der Waals surface area (Å²) in [5, 5.41) is 7.01. The van der Waals surface area contributed by atoms with Gasteiger partial charge in [-0.05, 0) is 38.0 Å². The number of carbonyl (C=O) groups excluding carboxylic acids is 1. The zero-order chi connectivity index (χ0) is 14.7. The monoisotopic (exact) mass is 292 g/mol. The molecule has 0 radical (unpaired) electrons. The number of nitrogens with zero attached hydrogens (tertiary/aromatic N) is 3. The third kappa shape index (κ3) is 3.54. The lowest BCUT2D eigenvalue weighted by Gasteiger charge is -2.31. The molecule has 1 saturated carbocycles. The molecular weight excluding hydrogens is 268 g/mol. The molecular formula is C15H24N4O2. The minimum atomic E-state index is 0.0460. The van der Waals surface area contributed by atoms with Crippen LogP contribution in [-0.2, 0) is 4.79 Å². The van der Waals surface area contributed by atoms with Crippen LogP contribution < -0.4 is 10.2 Å². The topological polar surface area (TPSA) is 71.3 Å². The Bertz CT molecular complexity index is 484. The van der Waals surface area contributed by atoms with E-state index in [1.807, 2.05) is 0 Å². The van der Waals surface area contributed by atoms with Crippen molar-refractivity contribution in [3.05, 3.63) is 5.82 Å². The Labute approximate surface area is 125 Å². The molecule has 1 aromatic heterocycles. The number of carbonyl (C=O) groups is 1. The molecule has 2 heterocycles. The Kier molecular flexibility index (Phi) is 4.41. The maximum absolute atomic E-state index is 10.9. The van der Waals surface area contributed by atoms with Crippen LogP contribution >= 0.6 is 0 Å². The molecule has 0 spiro atoms. The molecule has 3 rings (SSSR count). The van der Waals surface area contributed by atoms with Gasteiger partial charge in [0.25, 0.3) is 0 Å². The molecule has 116 valence electrons. The van der Waals surface area contributed by atoms with E-state index >= 15 is 0 Å². The van der Waals surface area contributed by atoms with Gasteiger partial charge < -0.3 is 14.7 Å². The third-order valence-corrected chi connectivity index (χ3v) is 4.62. The fourth-order valence-corrected chi connectivity index (χ4v) is 3.11. The maximum atomic E-state index is 10.9. The Morgan fingerprint density at radius 1 is 1.38 bits per heavy atom. The zero-order valence-electron chi connectivity index (χ0n) is 12.7. The van der Waals surface area contributed by atoms with Crippen LogP contribution in [0, 0.1) is 5.92 Å². The maximum Gasteiger partial charge on any atom is 0.324 e. The van der Waals surface area contributed by atoms with Gasteiger partial charge in [-0.2, -0.15) is 4.98 Å². The Morgan fingerprint density at radius 3 is 2.95 bits per heavy atom. The van der Waals surface area contributed by atoms with E-state index in [2.05, 4.69) is 20.4 Å². The van der Waals surface area contributed by atoms with E-state index in [0.717, 1.165) is 38.3 Å². The van der Waals surface area contributed by atoms with E-state index in [0.29, 0.717) is 17.9 Å².